The molecule has 0 aliphatic carbocycles. The van der Waals surface area contributed by atoms with Crippen LogP contribution in [0.3, 0.4) is 0 Å². The van der Waals surface area contributed by atoms with Crippen LogP contribution in [0.2, 0.25) is 0 Å². The fourth-order valence-electron chi connectivity index (χ4n) is 1.37. The molecule has 15 heavy (non-hydrogen) atoms. The number of carbonyl (C=O) groups excluding carboxylic acids is 1. The maximum absolute atomic E-state index is 10.8. The molecular weight excluding hydrogens is 192 g/mol. The number of hydrogen-bond donors (Lipinski definition) is 3. The van der Waals surface area contributed by atoms with Crippen molar-refractivity contribution in [3.05, 3.63) is 18.3 Å². The van der Waals surface area contributed by atoms with E-state index in [4.69, 9.17) is 11.5 Å². The Kier molecular flexibility index (Phi) is 3.14. The zero-order valence-electron chi connectivity index (χ0n) is 8.95. The first-order valence-corrected chi connectivity index (χ1v) is 4.68. The number of rotatable bonds is 4. The Morgan fingerprint density at radius 3 is 2.80 bits per heavy atom. The van der Waals surface area contributed by atoms with Gasteiger partial charge in [0.15, 0.2) is 0 Å². The lowest BCUT2D eigenvalue weighted by atomic mass is 10.00. The van der Waals surface area contributed by atoms with Crippen LogP contribution in [0.1, 0.15) is 20.3 Å². The van der Waals surface area contributed by atoms with E-state index in [1.54, 1.807) is 12.3 Å². The summed E-state index contributed by atoms with van der Waals surface area (Å²) < 4.78 is 0. The lowest BCUT2D eigenvalue weighted by Gasteiger charge is -2.26. The standard InChI is InChI=1S/C10H16N4O/c1-10(2,6-8(11)15)14-7-4-3-5-13-9(7)12/h3-5,14H,6H2,1-2H3,(H2,11,15)(H2,12,13). The summed E-state index contributed by atoms with van der Waals surface area (Å²) in [6, 6.07) is 3.59. The van der Waals surface area contributed by atoms with Crippen LogP contribution >= 0.6 is 0 Å². The summed E-state index contributed by atoms with van der Waals surface area (Å²) in [6.07, 6.45) is 1.85. The van der Waals surface area contributed by atoms with E-state index in [2.05, 4.69) is 10.3 Å². The largest absolute Gasteiger partial charge is 0.382 e. The average molecular weight is 208 g/mol. The Hall–Kier alpha value is -1.78. The van der Waals surface area contributed by atoms with E-state index in [1.165, 1.54) is 0 Å². The number of hydrogen-bond acceptors (Lipinski definition) is 4. The zero-order chi connectivity index (χ0) is 11.5. The first kappa shape index (κ1) is 11.3. The Bertz CT molecular complexity index is 362. The van der Waals surface area contributed by atoms with E-state index in [9.17, 15) is 4.79 Å². The third-order valence-electron chi connectivity index (χ3n) is 1.93. The van der Waals surface area contributed by atoms with Gasteiger partial charge in [-0.3, -0.25) is 4.79 Å². The van der Waals surface area contributed by atoms with Gasteiger partial charge in [-0.05, 0) is 26.0 Å². The van der Waals surface area contributed by atoms with Gasteiger partial charge in [-0.2, -0.15) is 0 Å². The average Bonchev–Trinajstić information content (AvgIpc) is 2.06. The van der Waals surface area contributed by atoms with Crippen molar-refractivity contribution >= 4 is 17.4 Å². The van der Waals surface area contributed by atoms with Crippen molar-refractivity contribution in [1.29, 1.82) is 0 Å². The molecule has 0 unspecified atom stereocenters. The van der Waals surface area contributed by atoms with E-state index in [0.29, 0.717) is 11.5 Å². The molecule has 1 amide bonds. The van der Waals surface area contributed by atoms with Gasteiger partial charge in [0.25, 0.3) is 0 Å². The van der Waals surface area contributed by atoms with E-state index in [-0.39, 0.29) is 12.3 Å². The number of amides is 1. The normalized spacial score (nSPS) is 11.1. The Morgan fingerprint density at radius 2 is 2.27 bits per heavy atom. The highest BCUT2D eigenvalue weighted by atomic mass is 16.1. The van der Waals surface area contributed by atoms with Crippen LogP contribution < -0.4 is 16.8 Å². The maximum Gasteiger partial charge on any atom is 0.219 e. The van der Waals surface area contributed by atoms with Gasteiger partial charge < -0.3 is 16.8 Å². The van der Waals surface area contributed by atoms with Gasteiger partial charge in [0.1, 0.15) is 5.82 Å². The van der Waals surface area contributed by atoms with Gasteiger partial charge in [-0.15, -0.1) is 0 Å². The van der Waals surface area contributed by atoms with Gasteiger partial charge in [0.2, 0.25) is 5.91 Å². The van der Waals surface area contributed by atoms with Crippen molar-refractivity contribution in [2.75, 3.05) is 11.1 Å². The highest BCUT2D eigenvalue weighted by Crippen LogP contribution is 2.21. The zero-order valence-corrected chi connectivity index (χ0v) is 8.95. The number of carbonyl (C=O) groups is 1. The first-order valence-electron chi connectivity index (χ1n) is 4.68. The number of anilines is 2. The van der Waals surface area contributed by atoms with Crippen LogP contribution in [0.25, 0.3) is 0 Å². The molecule has 5 nitrogen and oxygen atoms in total. The molecule has 1 aromatic heterocycles. The van der Waals surface area contributed by atoms with Crippen LogP contribution in [0, 0.1) is 0 Å². The van der Waals surface area contributed by atoms with Crippen molar-refractivity contribution in [2.24, 2.45) is 5.73 Å². The van der Waals surface area contributed by atoms with Gasteiger partial charge in [0.05, 0.1) is 5.69 Å². The molecule has 5 N–H and O–H groups in total. The van der Waals surface area contributed by atoms with Crippen molar-refractivity contribution in [2.45, 2.75) is 25.8 Å². The summed E-state index contributed by atoms with van der Waals surface area (Å²) in [6.45, 7) is 3.76. The molecule has 1 aromatic rings. The van der Waals surface area contributed by atoms with Crippen LogP contribution in [0.4, 0.5) is 11.5 Å². The van der Waals surface area contributed by atoms with Gasteiger partial charge in [-0.25, -0.2) is 4.98 Å². The van der Waals surface area contributed by atoms with Crippen molar-refractivity contribution < 1.29 is 4.79 Å². The Labute approximate surface area is 88.9 Å². The highest BCUT2D eigenvalue weighted by molar-refractivity contribution is 5.76. The number of nitrogens with two attached hydrogens (primary N) is 2. The second kappa shape index (κ2) is 4.16. The Morgan fingerprint density at radius 1 is 1.60 bits per heavy atom. The smallest absolute Gasteiger partial charge is 0.219 e. The number of nitrogens with one attached hydrogen (secondary N) is 1. The molecule has 0 saturated heterocycles. The summed E-state index contributed by atoms with van der Waals surface area (Å²) in [5.41, 5.74) is 11.1. The fraction of sp³-hybridized carbons (Fsp3) is 0.400. The van der Waals surface area contributed by atoms with E-state index in [1.807, 2.05) is 19.9 Å². The molecule has 0 spiro atoms. The lowest BCUT2D eigenvalue weighted by Crippen LogP contribution is -2.36. The topological polar surface area (TPSA) is 94.0 Å². The van der Waals surface area contributed by atoms with Crippen LogP contribution in [0.5, 0.6) is 0 Å². The second-order valence-electron chi connectivity index (χ2n) is 4.09. The molecule has 0 fully saturated rings. The molecule has 0 bridgehead atoms. The van der Waals surface area contributed by atoms with E-state index >= 15 is 0 Å². The molecule has 0 atom stereocenters. The van der Waals surface area contributed by atoms with Gasteiger partial charge in [0, 0.05) is 18.2 Å². The molecule has 1 heterocycles. The van der Waals surface area contributed by atoms with Crippen molar-refractivity contribution in [3.8, 4) is 0 Å². The number of aromatic nitrogens is 1. The molecule has 1 rings (SSSR count). The second-order valence-corrected chi connectivity index (χ2v) is 4.09. The summed E-state index contributed by atoms with van der Waals surface area (Å²) in [5.74, 6) is 0.0602. The van der Waals surface area contributed by atoms with Crippen LogP contribution in [-0.4, -0.2) is 16.4 Å². The number of primary amides is 1. The number of pyridine rings is 1. The molecule has 0 saturated carbocycles. The monoisotopic (exact) mass is 208 g/mol. The fourth-order valence-corrected chi connectivity index (χ4v) is 1.37. The Balaban J connectivity index is 2.77. The maximum atomic E-state index is 10.8. The third kappa shape index (κ3) is 3.46. The quantitative estimate of drug-likeness (QED) is 0.679. The van der Waals surface area contributed by atoms with Crippen LogP contribution in [0.15, 0.2) is 18.3 Å². The predicted octanol–water partition coefficient (Wildman–Crippen LogP) is 0.730. The molecular formula is C10H16N4O. The van der Waals surface area contributed by atoms with Gasteiger partial charge in [-0.1, -0.05) is 0 Å². The number of nitrogen functional groups attached to an aromatic ring is 1. The SMILES string of the molecule is CC(C)(CC(N)=O)Nc1cccnc1N. The van der Waals surface area contributed by atoms with Gasteiger partial charge >= 0.3 is 0 Å². The minimum absolute atomic E-state index is 0.237. The molecule has 5 heteroatoms. The molecule has 82 valence electrons. The van der Waals surface area contributed by atoms with Crippen molar-refractivity contribution in [3.63, 3.8) is 0 Å². The van der Waals surface area contributed by atoms with E-state index in [0.717, 1.165) is 0 Å². The number of nitrogens with zero attached hydrogens (tertiary/aromatic N) is 1. The molecule has 0 aliphatic rings. The third-order valence-corrected chi connectivity index (χ3v) is 1.93. The van der Waals surface area contributed by atoms with E-state index < -0.39 is 5.54 Å². The first-order chi connectivity index (χ1) is 6.91. The molecule has 0 aliphatic heterocycles. The lowest BCUT2D eigenvalue weighted by molar-refractivity contribution is -0.118. The van der Waals surface area contributed by atoms with Crippen molar-refractivity contribution in [1.82, 2.24) is 4.98 Å². The minimum Gasteiger partial charge on any atom is -0.382 e. The highest BCUT2D eigenvalue weighted by Gasteiger charge is 2.21. The summed E-state index contributed by atoms with van der Waals surface area (Å²) in [4.78, 5) is 14.8. The summed E-state index contributed by atoms with van der Waals surface area (Å²) in [7, 11) is 0. The summed E-state index contributed by atoms with van der Waals surface area (Å²) in [5, 5.41) is 3.13. The molecule has 0 aromatic carbocycles. The minimum atomic E-state index is -0.428. The predicted molar refractivity (Wildman–Crippen MR) is 60.2 cm³/mol. The van der Waals surface area contributed by atoms with Crippen LogP contribution in [-0.2, 0) is 4.79 Å². The summed E-state index contributed by atoms with van der Waals surface area (Å²) >= 11 is 0. The molecule has 0 radical (unpaired) electrons.